The number of hydrogen-bond donors (Lipinski definition) is 1. The van der Waals surface area contributed by atoms with Gasteiger partial charge in [0.1, 0.15) is 6.73 Å². The van der Waals surface area contributed by atoms with E-state index in [1.165, 1.54) is 33.8 Å². The van der Waals surface area contributed by atoms with Gasteiger partial charge in [0.05, 0.1) is 16.3 Å². The lowest BCUT2D eigenvalue weighted by Gasteiger charge is -2.15. The molecule has 180 valence electrons. The van der Waals surface area contributed by atoms with Crippen LogP contribution in [0, 0.1) is 10.1 Å². The summed E-state index contributed by atoms with van der Waals surface area (Å²) in [6.07, 6.45) is 0.898. The highest BCUT2D eigenvalue weighted by Gasteiger charge is 2.29. The van der Waals surface area contributed by atoms with Crippen molar-refractivity contribution in [3.05, 3.63) is 80.5 Å². The largest absolute Gasteiger partial charge is 0.360 e. The van der Waals surface area contributed by atoms with Gasteiger partial charge in [-0.3, -0.25) is 10.1 Å². The van der Waals surface area contributed by atoms with Gasteiger partial charge in [-0.05, 0) is 41.8 Å². The summed E-state index contributed by atoms with van der Waals surface area (Å²) in [5.74, 6) is 0. The van der Waals surface area contributed by atoms with Gasteiger partial charge in [0.25, 0.3) is 5.69 Å². The fourth-order valence-corrected chi connectivity index (χ4v) is 5.86. The normalized spacial score (nSPS) is 12.4. The first kappa shape index (κ1) is 23.5. The quantitative estimate of drug-likeness (QED) is 0.0998. The van der Waals surface area contributed by atoms with E-state index < -0.39 is 13.0 Å². The van der Waals surface area contributed by atoms with Crippen LogP contribution in [0.1, 0.15) is 10.4 Å². The maximum absolute atomic E-state index is 10.9. The van der Waals surface area contributed by atoms with Crippen LogP contribution in [0.2, 0.25) is 25.7 Å². The monoisotopic (exact) mass is 504 g/mol. The number of aromatic nitrogens is 2. The summed E-state index contributed by atoms with van der Waals surface area (Å²) < 4.78 is 8.08. The number of ether oxygens (including phenoxy) is 1. The predicted octanol–water partition coefficient (Wildman–Crippen LogP) is 7.15. The van der Waals surface area contributed by atoms with E-state index in [4.69, 9.17) is 9.84 Å². The third-order valence-corrected chi connectivity index (χ3v) is 8.75. The van der Waals surface area contributed by atoms with E-state index >= 15 is 0 Å². The number of hydrogen-bond acceptors (Lipinski definition) is 6. The molecule has 1 N–H and O–H groups in total. The minimum Gasteiger partial charge on any atom is -0.360 e. The van der Waals surface area contributed by atoms with Crippen LogP contribution in [-0.4, -0.2) is 29.4 Å². The minimum atomic E-state index is -1.14. The van der Waals surface area contributed by atoms with Crippen LogP contribution in [0.3, 0.4) is 0 Å². The zero-order valence-electron chi connectivity index (χ0n) is 20.1. The third-order valence-electron chi connectivity index (χ3n) is 6.12. The lowest BCUT2D eigenvalue weighted by molar-refractivity contribution is -0.384. The third kappa shape index (κ3) is 5.07. The van der Waals surface area contributed by atoms with Crippen LogP contribution < -0.4 is 5.32 Å². The molecule has 4 aromatic rings. The molecule has 7 nitrogen and oxygen atoms in total. The van der Waals surface area contributed by atoms with Crippen molar-refractivity contribution in [2.45, 2.75) is 38.8 Å². The van der Waals surface area contributed by atoms with Crippen molar-refractivity contribution in [1.82, 2.24) is 9.78 Å². The van der Waals surface area contributed by atoms with Crippen molar-refractivity contribution in [3.63, 3.8) is 0 Å². The lowest BCUT2D eigenvalue weighted by atomic mass is 10.1. The number of thiophene rings is 1. The van der Waals surface area contributed by atoms with E-state index in [1.54, 1.807) is 23.5 Å². The molecular formula is C26H28N4O3SSi. The van der Waals surface area contributed by atoms with Gasteiger partial charge in [-0.15, -0.1) is 11.3 Å². The Bertz CT molecular complexity index is 1350. The predicted molar refractivity (Wildman–Crippen MR) is 144 cm³/mol. The second-order valence-electron chi connectivity index (χ2n) is 9.96. The van der Waals surface area contributed by atoms with Crippen molar-refractivity contribution >= 4 is 36.5 Å². The van der Waals surface area contributed by atoms with Crippen molar-refractivity contribution in [3.8, 4) is 22.5 Å². The summed E-state index contributed by atoms with van der Waals surface area (Å²) in [7, 11) is -1.14. The van der Waals surface area contributed by atoms with Crippen LogP contribution in [0.25, 0.3) is 22.5 Å². The molecule has 1 aliphatic rings. The van der Waals surface area contributed by atoms with Crippen molar-refractivity contribution in [1.29, 1.82) is 0 Å². The average molecular weight is 505 g/mol. The van der Waals surface area contributed by atoms with Gasteiger partial charge >= 0.3 is 0 Å². The summed E-state index contributed by atoms with van der Waals surface area (Å²) in [5, 5.41) is 21.3. The van der Waals surface area contributed by atoms with Gasteiger partial charge in [0, 0.05) is 66.2 Å². The molecule has 9 heteroatoms. The SMILES string of the molecule is C[Si](C)(C)CCOCn1nc(-c2ccc(Nc3ccc([N+](=O)[O-])cc3)cc2)c2c1-c1ccsc1C2. The highest BCUT2D eigenvalue weighted by atomic mass is 32.1. The first-order valence-electron chi connectivity index (χ1n) is 11.6. The number of benzene rings is 2. The minimum absolute atomic E-state index is 0.0771. The van der Waals surface area contributed by atoms with Gasteiger partial charge in [-0.25, -0.2) is 4.68 Å². The number of fused-ring (bicyclic) bond motifs is 3. The highest BCUT2D eigenvalue weighted by molar-refractivity contribution is 7.10. The molecule has 0 unspecified atom stereocenters. The van der Waals surface area contributed by atoms with Crippen molar-refractivity contribution in [2.75, 3.05) is 11.9 Å². The fraction of sp³-hybridized carbons (Fsp3) is 0.269. The lowest BCUT2D eigenvalue weighted by Crippen LogP contribution is -2.22. The van der Waals surface area contributed by atoms with Crippen LogP contribution in [0.5, 0.6) is 0 Å². The smallest absolute Gasteiger partial charge is 0.269 e. The Morgan fingerprint density at radius 3 is 2.43 bits per heavy atom. The second kappa shape index (κ2) is 9.41. The summed E-state index contributed by atoms with van der Waals surface area (Å²) in [5.41, 5.74) is 7.56. The molecule has 0 bridgehead atoms. The Kier molecular flexibility index (Phi) is 6.31. The van der Waals surface area contributed by atoms with Crippen LogP contribution >= 0.6 is 11.3 Å². The van der Waals surface area contributed by atoms with E-state index in [-0.39, 0.29) is 5.69 Å². The maximum atomic E-state index is 10.9. The summed E-state index contributed by atoms with van der Waals surface area (Å²) in [6, 6.07) is 17.9. The van der Waals surface area contributed by atoms with E-state index in [2.05, 4.69) is 48.5 Å². The van der Waals surface area contributed by atoms with Gasteiger partial charge in [-0.2, -0.15) is 5.10 Å². The van der Waals surface area contributed by atoms with Gasteiger partial charge in [0.15, 0.2) is 0 Å². The number of nitro benzene ring substituents is 1. The Morgan fingerprint density at radius 1 is 1.09 bits per heavy atom. The molecule has 5 rings (SSSR count). The standard InChI is InChI=1S/C26H28N4O3SSi/c1-35(2,3)15-13-33-17-29-26-22-12-14-34-24(22)16-23(26)25(28-29)18-4-6-19(7-5-18)27-20-8-10-21(11-9-20)30(31)32/h4-12,14,27H,13,15-17H2,1-3H3. The average Bonchev–Trinajstić information content (AvgIpc) is 3.49. The first-order chi connectivity index (χ1) is 16.8. The van der Waals surface area contributed by atoms with Gasteiger partial charge in [-0.1, -0.05) is 31.8 Å². The van der Waals surface area contributed by atoms with Gasteiger partial charge < -0.3 is 10.1 Å². The molecule has 0 saturated heterocycles. The summed E-state index contributed by atoms with van der Waals surface area (Å²) in [6.45, 7) is 8.30. The maximum Gasteiger partial charge on any atom is 0.269 e. The molecule has 0 spiro atoms. The molecule has 0 aliphatic heterocycles. The van der Waals surface area contributed by atoms with Crippen LogP contribution in [0.15, 0.2) is 60.0 Å². The van der Waals surface area contributed by atoms with E-state index in [9.17, 15) is 10.1 Å². The molecule has 2 heterocycles. The Morgan fingerprint density at radius 2 is 1.77 bits per heavy atom. The number of rotatable bonds is 9. The highest BCUT2D eigenvalue weighted by Crippen LogP contribution is 2.44. The zero-order chi connectivity index (χ0) is 24.6. The van der Waals surface area contributed by atoms with Crippen LogP contribution in [0.4, 0.5) is 17.1 Å². The summed E-state index contributed by atoms with van der Waals surface area (Å²) in [4.78, 5) is 11.8. The molecular weight excluding hydrogens is 476 g/mol. The Balaban J connectivity index is 1.36. The topological polar surface area (TPSA) is 82.2 Å². The van der Waals surface area contributed by atoms with Crippen LogP contribution in [-0.2, 0) is 17.9 Å². The molecule has 0 radical (unpaired) electrons. The number of nitro groups is 1. The van der Waals surface area contributed by atoms with Crippen molar-refractivity contribution < 1.29 is 9.66 Å². The molecule has 35 heavy (non-hydrogen) atoms. The number of nitrogens with zero attached hydrogens (tertiary/aromatic N) is 3. The van der Waals surface area contributed by atoms with E-state index in [1.807, 2.05) is 16.8 Å². The first-order valence-corrected chi connectivity index (χ1v) is 16.2. The second-order valence-corrected chi connectivity index (χ2v) is 16.6. The number of anilines is 2. The number of non-ortho nitro benzene ring substituents is 1. The molecule has 2 aromatic carbocycles. The molecule has 0 atom stereocenters. The molecule has 0 fully saturated rings. The Labute approximate surface area is 209 Å². The Hall–Kier alpha value is -3.27. The molecule has 0 saturated carbocycles. The molecule has 1 aliphatic carbocycles. The van der Waals surface area contributed by atoms with Crippen molar-refractivity contribution in [2.24, 2.45) is 0 Å². The zero-order valence-corrected chi connectivity index (χ0v) is 21.9. The van der Waals surface area contributed by atoms with E-state index in [0.29, 0.717) is 6.73 Å². The van der Waals surface area contributed by atoms with Gasteiger partial charge in [0.2, 0.25) is 0 Å². The molecule has 0 amide bonds. The summed E-state index contributed by atoms with van der Waals surface area (Å²) >= 11 is 1.80. The van der Waals surface area contributed by atoms with E-state index in [0.717, 1.165) is 41.7 Å². The number of nitrogens with one attached hydrogen (secondary N) is 1. The molecule has 2 aromatic heterocycles. The fourth-order valence-electron chi connectivity index (χ4n) is 4.22.